The Balaban J connectivity index is 2.61. The minimum Gasteiger partial charge on any atom is -0.314 e. The Hall–Kier alpha value is -0.0400. The maximum Gasteiger partial charge on any atom is 0.0508 e. The highest BCUT2D eigenvalue weighted by Crippen LogP contribution is 2.19. The van der Waals surface area contributed by atoms with Crippen molar-refractivity contribution in [2.45, 2.75) is 4.90 Å². The van der Waals surface area contributed by atoms with Gasteiger partial charge in [-0.15, -0.1) is 0 Å². The van der Waals surface area contributed by atoms with E-state index in [4.69, 9.17) is 4.18 Å². The molecule has 0 N–H and O–H groups in total. The van der Waals surface area contributed by atoms with Gasteiger partial charge in [-0.1, -0.05) is 8.19 Å². The van der Waals surface area contributed by atoms with Crippen LogP contribution in [0, 0.1) is 0 Å². The Bertz CT molecular complexity index is 166. The van der Waals surface area contributed by atoms with Crippen LogP contribution in [0.2, 0.25) is 0 Å². The van der Waals surface area contributed by atoms with E-state index in [1.165, 1.54) is 20.2 Å². The largest absolute Gasteiger partial charge is 0.314 e. The average Bonchev–Trinajstić information content (AvgIpc) is 1.91. The zero-order valence-corrected chi connectivity index (χ0v) is 6.78. The SMILES string of the molecule is COSc1ccpcc1. The first-order valence-electron chi connectivity index (χ1n) is 2.54. The zero-order valence-electron chi connectivity index (χ0n) is 5.07. The summed E-state index contributed by atoms with van der Waals surface area (Å²) in [7, 11) is 2.93. The van der Waals surface area contributed by atoms with Crippen LogP contribution in [0.15, 0.2) is 28.6 Å². The van der Waals surface area contributed by atoms with E-state index >= 15 is 0 Å². The number of hydrogen-bond acceptors (Lipinski definition) is 2. The topological polar surface area (TPSA) is 9.23 Å². The molecule has 0 amide bonds. The van der Waals surface area contributed by atoms with E-state index in [0.717, 1.165) is 4.90 Å². The Morgan fingerprint density at radius 1 is 1.44 bits per heavy atom. The van der Waals surface area contributed by atoms with E-state index in [9.17, 15) is 0 Å². The molecular formula is C6H7OPS. The molecular weight excluding hydrogens is 151 g/mol. The van der Waals surface area contributed by atoms with Gasteiger partial charge in [0.2, 0.25) is 0 Å². The Labute approximate surface area is 60.7 Å². The van der Waals surface area contributed by atoms with Gasteiger partial charge in [0.1, 0.15) is 0 Å². The molecule has 0 bridgehead atoms. The summed E-state index contributed by atoms with van der Waals surface area (Å²) in [6, 6.07) is 4.10. The first-order chi connectivity index (χ1) is 4.43. The van der Waals surface area contributed by atoms with Crippen LogP contribution in [0.5, 0.6) is 0 Å². The highest BCUT2D eigenvalue weighted by molar-refractivity contribution is 7.94. The van der Waals surface area contributed by atoms with Crippen LogP contribution in [0.3, 0.4) is 0 Å². The van der Waals surface area contributed by atoms with Gasteiger partial charge >= 0.3 is 0 Å². The fraction of sp³-hybridized carbons (Fsp3) is 0.167. The van der Waals surface area contributed by atoms with E-state index in [-0.39, 0.29) is 0 Å². The molecule has 0 radical (unpaired) electrons. The molecule has 1 aromatic rings. The molecule has 0 fully saturated rings. The maximum atomic E-state index is 4.86. The van der Waals surface area contributed by atoms with Gasteiger partial charge in [0, 0.05) is 16.9 Å². The molecule has 0 saturated carbocycles. The molecule has 0 aliphatic carbocycles. The Morgan fingerprint density at radius 3 is 2.67 bits per heavy atom. The third-order valence-corrected chi connectivity index (χ3v) is 2.10. The van der Waals surface area contributed by atoms with Crippen molar-refractivity contribution >= 4 is 20.2 Å². The van der Waals surface area contributed by atoms with Crippen LogP contribution >= 0.6 is 20.2 Å². The van der Waals surface area contributed by atoms with Crippen LogP contribution in [-0.4, -0.2) is 7.11 Å². The highest BCUT2D eigenvalue weighted by atomic mass is 32.2. The number of rotatable bonds is 2. The van der Waals surface area contributed by atoms with Gasteiger partial charge in [-0.05, 0) is 23.7 Å². The van der Waals surface area contributed by atoms with Crippen molar-refractivity contribution in [3.05, 3.63) is 23.7 Å². The first-order valence-corrected chi connectivity index (χ1v) is 4.31. The quantitative estimate of drug-likeness (QED) is 0.612. The second-order valence-corrected chi connectivity index (χ2v) is 3.30. The summed E-state index contributed by atoms with van der Waals surface area (Å²) >= 11 is 1.39. The minimum atomic E-state index is 1.16. The lowest BCUT2D eigenvalue weighted by atomic mass is 10.6. The van der Waals surface area contributed by atoms with E-state index in [1.807, 2.05) is 0 Å². The van der Waals surface area contributed by atoms with Crippen LogP contribution < -0.4 is 0 Å². The Morgan fingerprint density at radius 2 is 2.11 bits per heavy atom. The lowest BCUT2D eigenvalue weighted by molar-refractivity contribution is 0.490. The smallest absolute Gasteiger partial charge is 0.0508 e. The lowest BCUT2D eigenvalue weighted by Gasteiger charge is -1.93. The highest BCUT2D eigenvalue weighted by Gasteiger charge is 1.86. The van der Waals surface area contributed by atoms with Crippen LogP contribution in [0.4, 0.5) is 0 Å². The minimum absolute atomic E-state index is 1.16. The fourth-order valence-corrected chi connectivity index (χ4v) is 1.72. The molecule has 1 rings (SSSR count). The van der Waals surface area contributed by atoms with Crippen molar-refractivity contribution in [1.29, 1.82) is 0 Å². The molecule has 9 heavy (non-hydrogen) atoms. The van der Waals surface area contributed by atoms with Crippen molar-refractivity contribution < 1.29 is 4.18 Å². The predicted octanol–water partition coefficient (Wildman–Crippen LogP) is 2.92. The average molecular weight is 158 g/mol. The molecule has 1 heterocycles. The molecule has 0 aliphatic heterocycles. The summed E-state index contributed by atoms with van der Waals surface area (Å²) in [6.07, 6.45) is 0. The fourth-order valence-electron chi connectivity index (χ4n) is 0.490. The van der Waals surface area contributed by atoms with Crippen LogP contribution in [0.25, 0.3) is 0 Å². The molecule has 1 aromatic heterocycles. The third kappa shape index (κ3) is 2.35. The van der Waals surface area contributed by atoms with Crippen molar-refractivity contribution in [2.75, 3.05) is 7.11 Å². The monoisotopic (exact) mass is 158 g/mol. The van der Waals surface area contributed by atoms with Gasteiger partial charge in [-0.25, -0.2) is 0 Å². The Kier molecular flexibility index (Phi) is 3.05. The van der Waals surface area contributed by atoms with Gasteiger partial charge in [-0.3, -0.25) is 0 Å². The molecule has 0 atom stereocenters. The third-order valence-electron chi connectivity index (χ3n) is 0.829. The van der Waals surface area contributed by atoms with Gasteiger partial charge in [0.15, 0.2) is 0 Å². The molecule has 1 nitrogen and oxygen atoms in total. The lowest BCUT2D eigenvalue weighted by Crippen LogP contribution is -1.66. The van der Waals surface area contributed by atoms with Gasteiger partial charge in [0.05, 0.1) is 7.11 Å². The zero-order chi connectivity index (χ0) is 6.53. The normalized spacial score (nSPS) is 9.44. The van der Waals surface area contributed by atoms with E-state index in [1.54, 1.807) is 7.11 Å². The maximum absolute atomic E-state index is 4.86. The van der Waals surface area contributed by atoms with Crippen molar-refractivity contribution in [2.24, 2.45) is 0 Å². The molecule has 0 spiro atoms. The summed E-state index contributed by atoms with van der Waals surface area (Å²) in [6.45, 7) is 0. The number of hydrogen-bond donors (Lipinski definition) is 0. The molecule has 3 heteroatoms. The summed E-state index contributed by atoms with van der Waals surface area (Å²) in [5.74, 6) is 4.17. The van der Waals surface area contributed by atoms with E-state index in [2.05, 4.69) is 23.7 Å². The van der Waals surface area contributed by atoms with E-state index in [0.29, 0.717) is 0 Å². The molecule has 48 valence electrons. The summed E-state index contributed by atoms with van der Waals surface area (Å²) in [5, 5.41) is 0. The molecule has 0 aromatic carbocycles. The van der Waals surface area contributed by atoms with Gasteiger partial charge in [-0.2, -0.15) is 0 Å². The van der Waals surface area contributed by atoms with E-state index < -0.39 is 0 Å². The van der Waals surface area contributed by atoms with Gasteiger partial charge in [0.25, 0.3) is 0 Å². The first kappa shape index (κ1) is 7.07. The second kappa shape index (κ2) is 3.89. The standard InChI is InChI=1S/C6H7OPS/c1-7-9-6-2-4-8-5-3-6/h2-5H,1H3. The van der Waals surface area contributed by atoms with Crippen molar-refractivity contribution in [3.8, 4) is 0 Å². The van der Waals surface area contributed by atoms with Crippen molar-refractivity contribution in [3.63, 3.8) is 0 Å². The van der Waals surface area contributed by atoms with Crippen LogP contribution in [0.1, 0.15) is 0 Å². The molecule has 0 unspecified atom stereocenters. The summed E-state index contributed by atoms with van der Waals surface area (Å²) in [5.41, 5.74) is 0. The van der Waals surface area contributed by atoms with Crippen molar-refractivity contribution in [1.82, 2.24) is 0 Å². The molecule has 0 aliphatic rings. The molecule has 0 saturated heterocycles. The van der Waals surface area contributed by atoms with Crippen LogP contribution in [-0.2, 0) is 4.18 Å². The van der Waals surface area contributed by atoms with Gasteiger partial charge < -0.3 is 4.18 Å². The summed E-state index contributed by atoms with van der Waals surface area (Å²) < 4.78 is 4.86. The predicted molar refractivity (Wildman–Crippen MR) is 41.8 cm³/mol. The summed E-state index contributed by atoms with van der Waals surface area (Å²) in [4.78, 5) is 1.16. The second-order valence-electron chi connectivity index (χ2n) is 1.43.